The van der Waals surface area contributed by atoms with Crippen LogP contribution in [0.25, 0.3) is 0 Å². The van der Waals surface area contributed by atoms with E-state index in [-0.39, 0.29) is 32.2 Å². The minimum Gasteiger partial charge on any atom is -0.481 e. The van der Waals surface area contributed by atoms with Crippen molar-refractivity contribution in [3.8, 4) is 0 Å². The smallest absolute Gasteiger partial charge is 0.328 e. The lowest BCUT2D eigenvalue weighted by Gasteiger charge is -2.23. The average molecular weight is 534 g/mol. The number of hydrogen-bond acceptors (Lipinski definition) is 11. The lowest BCUT2D eigenvalue weighted by molar-refractivity contribution is -0.151. The van der Waals surface area contributed by atoms with Crippen LogP contribution in [0.4, 0.5) is 0 Å². The number of amides is 3. The highest BCUT2D eigenvalue weighted by atomic mass is 16.5. The maximum Gasteiger partial charge on any atom is 0.328 e. The third-order valence-electron chi connectivity index (χ3n) is 4.99. The Kier molecular flexibility index (Phi) is 15.8. The van der Waals surface area contributed by atoms with Crippen LogP contribution in [0.3, 0.4) is 0 Å². The van der Waals surface area contributed by atoms with E-state index in [2.05, 4.69) is 25.4 Å². The van der Waals surface area contributed by atoms with Crippen LogP contribution in [-0.4, -0.2) is 96.7 Å². The first-order chi connectivity index (χ1) is 17.3. The average Bonchev–Trinajstić information content (AvgIpc) is 2.84. The van der Waals surface area contributed by atoms with Crippen LogP contribution in [0.1, 0.15) is 44.9 Å². The molecular formula is C21H35N5O11. The van der Waals surface area contributed by atoms with Gasteiger partial charge in [0, 0.05) is 13.0 Å². The summed E-state index contributed by atoms with van der Waals surface area (Å²) in [6, 6.07) is -5.10. The Hall–Kier alpha value is -3.79. The van der Waals surface area contributed by atoms with E-state index in [0.29, 0.717) is 6.42 Å². The summed E-state index contributed by atoms with van der Waals surface area (Å²) >= 11 is 0. The highest BCUT2D eigenvalue weighted by Crippen LogP contribution is 2.06. The lowest BCUT2D eigenvalue weighted by atomic mass is 10.1. The number of unbranched alkanes of at least 4 members (excludes halogenated alkanes) is 1. The zero-order valence-corrected chi connectivity index (χ0v) is 20.7. The Morgan fingerprint density at radius 1 is 0.730 bits per heavy atom. The van der Waals surface area contributed by atoms with Crippen LogP contribution in [0.5, 0.6) is 0 Å². The Bertz CT molecular complexity index is 836. The Labute approximate surface area is 212 Å². The summed E-state index contributed by atoms with van der Waals surface area (Å²) in [5.74, 6) is -6.44. The van der Waals surface area contributed by atoms with Crippen molar-refractivity contribution in [1.82, 2.24) is 16.0 Å². The molecule has 0 aliphatic carbocycles. The molecule has 0 saturated heterocycles. The number of carboxylic acids is 2. The number of ether oxygens (including phenoxy) is 2. The van der Waals surface area contributed by atoms with Crippen molar-refractivity contribution >= 4 is 41.6 Å². The third kappa shape index (κ3) is 14.4. The summed E-state index contributed by atoms with van der Waals surface area (Å²) in [5, 5.41) is 24.6. The number of aliphatic carboxylic acids is 2. The molecule has 16 nitrogen and oxygen atoms in total. The van der Waals surface area contributed by atoms with Crippen molar-refractivity contribution < 1.29 is 53.2 Å². The van der Waals surface area contributed by atoms with Gasteiger partial charge in [0.1, 0.15) is 12.1 Å². The third-order valence-corrected chi connectivity index (χ3v) is 4.99. The fourth-order valence-corrected chi connectivity index (χ4v) is 2.91. The maximum absolute atomic E-state index is 12.9. The molecular weight excluding hydrogens is 498 g/mol. The van der Waals surface area contributed by atoms with Gasteiger partial charge in [0.15, 0.2) is 0 Å². The van der Waals surface area contributed by atoms with Crippen LogP contribution in [0, 0.1) is 0 Å². The fourth-order valence-electron chi connectivity index (χ4n) is 2.91. The number of nitrogens with one attached hydrogen (secondary N) is 3. The predicted octanol–water partition coefficient (Wildman–Crippen LogP) is -3.03. The van der Waals surface area contributed by atoms with E-state index in [1.807, 2.05) is 0 Å². The first-order valence-electron chi connectivity index (χ1n) is 11.3. The predicted molar refractivity (Wildman–Crippen MR) is 124 cm³/mol. The SMILES string of the molecule is COC(=O)CC(NC(=O)C(CCCCNC(=O)C(N)CC(=O)O)NC(=O)C(N)CCC(=O)O)C(=O)OC. The summed E-state index contributed by atoms with van der Waals surface area (Å²) in [6.07, 6.45) is -1.07. The van der Waals surface area contributed by atoms with Gasteiger partial charge < -0.3 is 47.1 Å². The molecule has 16 heteroatoms. The van der Waals surface area contributed by atoms with Crippen molar-refractivity contribution in [2.45, 2.75) is 69.1 Å². The van der Waals surface area contributed by atoms with Gasteiger partial charge in [-0.3, -0.25) is 28.8 Å². The van der Waals surface area contributed by atoms with Gasteiger partial charge in [0.05, 0.1) is 39.1 Å². The number of rotatable bonds is 18. The Morgan fingerprint density at radius 3 is 1.89 bits per heavy atom. The molecule has 37 heavy (non-hydrogen) atoms. The maximum atomic E-state index is 12.9. The van der Waals surface area contributed by atoms with Gasteiger partial charge in [-0.25, -0.2) is 4.79 Å². The van der Waals surface area contributed by atoms with Gasteiger partial charge in [-0.15, -0.1) is 0 Å². The number of carbonyl (C=O) groups is 7. The summed E-state index contributed by atoms with van der Waals surface area (Å²) in [6.45, 7) is 0.0969. The van der Waals surface area contributed by atoms with Gasteiger partial charge >= 0.3 is 23.9 Å². The quantitative estimate of drug-likeness (QED) is 0.0683. The zero-order chi connectivity index (χ0) is 28.5. The summed E-state index contributed by atoms with van der Waals surface area (Å²) < 4.78 is 9.08. The van der Waals surface area contributed by atoms with E-state index < -0.39 is 78.6 Å². The molecule has 0 aromatic carbocycles. The molecule has 3 amide bonds. The highest BCUT2D eigenvalue weighted by Gasteiger charge is 2.30. The van der Waals surface area contributed by atoms with E-state index in [9.17, 15) is 33.6 Å². The van der Waals surface area contributed by atoms with Gasteiger partial charge in [0.25, 0.3) is 0 Å². The Morgan fingerprint density at radius 2 is 1.35 bits per heavy atom. The number of carboxylic acid groups (broad SMARTS) is 2. The minimum atomic E-state index is -1.40. The second-order valence-corrected chi connectivity index (χ2v) is 7.96. The molecule has 0 fully saturated rings. The van der Waals surface area contributed by atoms with Crippen LogP contribution in [-0.2, 0) is 43.0 Å². The van der Waals surface area contributed by atoms with Crippen molar-refractivity contribution in [2.75, 3.05) is 20.8 Å². The van der Waals surface area contributed by atoms with E-state index in [0.717, 1.165) is 14.2 Å². The van der Waals surface area contributed by atoms with Crippen molar-refractivity contribution in [3.63, 3.8) is 0 Å². The number of esters is 2. The minimum absolute atomic E-state index is 0.00634. The van der Waals surface area contributed by atoms with E-state index in [4.69, 9.17) is 21.7 Å². The van der Waals surface area contributed by atoms with Crippen LogP contribution in [0.15, 0.2) is 0 Å². The molecule has 0 aromatic rings. The Balaban J connectivity index is 5.22. The topological polar surface area (TPSA) is 267 Å². The summed E-state index contributed by atoms with van der Waals surface area (Å²) in [7, 11) is 2.14. The van der Waals surface area contributed by atoms with Gasteiger partial charge in [-0.2, -0.15) is 0 Å². The molecule has 0 rings (SSSR count). The fraction of sp³-hybridized carbons (Fsp3) is 0.667. The van der Waals surface area contributed by atoms with Gasteiger partial charge in [0.2, 0.25) is 17.7 Å². The highest BCUT2D eigenvalue weighted by molar-refractivity contribution is 5.93. The summed E-state index contributed by atoms with van der Waals surface area (Å²) in [5.41, 5.74) is 11.2. The molecule has 4 unspecified atom stereocenters. The molecule has 0 aromatic heterocycles. The van der Waals surface area contributed by atoms with Crippen LogP contribution < -0.4 is 27.4 Å². The molecule has 0 aliphatic rings. The zero-order valence-electron chi connectivity index (χ0n) is 20.7. The molecule has 0 heterocycles. The monoisotopic (exact) mass is 533 g/mol. The van der Waals surface area contributed by atoms with E-state index in [1.165, 1.54) is 0 Å². The molecule has 210 valence electrons. The van der Waals surface area contributed by atoms with Crippen LogP contribution in [0.2, 0.25) is 0 Å². The molecule has 9 N–H and O–H groups in total. The second-order valence-electron chi connectivity index (χ2n) is 7.96. The normalized spacial score (nSPS) is 13.7. The molecule has 0 bridgehead atoms. The largest absolute Gasteiger partial charge is 0.481 e. The molecule has 0 spiro atoms. The van der Waals surface area contributed by atoms with Crippen molar-refractivity contribution in [3.05, 3.63) is 0 Å². The molecule has 0 saturated carbocycles. The number of nitrogens with two attached hydrogens (primary N) is 2. The number of hydrogen-bond donors (Lipinski definition) is 7. The molecule has 0 aliphatic heterocycles. The van der Waals surface area contributed by atoms with Crippen molar-refractivity contribution in [1.29, 1.82) is 0 Å². The van der Waals surface area contributed by atoms with Gasteiger partial charge in [-0.1, -0.05) is 0 Å². The van der Waals surface area contributed by atoms with Crippen LogP contribution >= 0.6 is 0 Å². The van der Waals surface area contributed by atoms with E-state index >= 15 is 0 Å². The molecule has 0 radical (unpaired) electrons. The standard InChI is InChI=1S/C21H35N5O11/c1-36-17(31)10-14(21(35)37-2)26-20(34)13(25-19(33)11(22)6-7-15(27)28)5-3-4-8-24-18(32)12(23)9-16(29)30/h11-14H,3-10,22-23H2,1-2H3,(H,24,32)(H,25,33)(H,26,34)(H,27,28)(H,29,30). The van der Waals surface area contributed by atoms with Crippen molar-refractivity contribution in [2.24, 2.45) is 11.5 Å². The molecule has 4 atom stereocenters. The number of methoxy groups -OCH3 is 2. The number of carbonyl (C=O) groups excluding carboxylic acids is 5. The summed E-state index contributed by atoms with van der Waals surface area (Å²) in [4.78, 5) is 82.0. The lowest BCUT2D eigenvalue weighted by Crippen LogP contribution is -2.55. The first kappa shape index (κ1) is 33.2. The van der Waals surface area contributed by atoms with E-state index in [1.54, 1.807) is 0 Å². The first-order valence-corrected chi connectivity index (χ1v) is 11.3. The van der Waals surface area contributed by atoms with Gasteiger partial charge in [-0.05, 0) is 25.7 Å². The second kappa shape index (κ2) is 17.6.